The summed E-state index contributed by atoms with van der Waals surface area (Å²) in [5, 5.41) is 6.32. The molecule has 6 heteroatoms. The van der Waals surface area contributed by atoms with Crippen LogP contribution in [0.4, 0.5) is 10.1 Å². The van der Waals surface area contributed by atoms with Crippen LogP contribution in [0.1, 0.15) is 0 Å². The van der Waals surface area contributed by atoms with Crippen molar-refractivity contribution in [3.8, 4) is 5.75 Å². The summed E-state index contributed by atoms with van der Waals surface area (Å²) in [5.41, 5.74) is 0.665. The van der Waals surface area contributed by atoms with E-state index >= 15 is 0 Å². The summed E-state index contributed by atoms with van der Waals surface area (Å²) < 4.78 is 22.9. The molecule has 1 aromatic rings. The monoisotopic (exact) mass is 258 g/mol. The molecule has 4 nitrogen and oxygen atoms in total. The van der Waals surface area contributed by atoms with Crippen molar-refractivity contribution in [1.82, 2.24) is 5.32 Å². The molecule has 0 fully saturated rings. The van der Waals surface area contributed by atoms with Crippen molar-refractivity contribution in [3.63, 3.8) is 0 Å². The molecule has 0 aliphatic rings. The summed E-state index contributed by atoms with van der Waals surface area (Å²) in [4.78, 5) is 0. The lowest BCUT2D eigenvalue weighted by molar-refractivity contribution is 0.204. The van der Waals surface area contributed by atoms with Crippen LogP contribution in [0.3, 0.4) is 0 Å². The number of nitrogens with one attached hydrogen (secondary N) is 2. The number of hydrogen-bond donors (Lipinski definition) is 2. The number of thiocarbonyl (C=S) groups is 1. The minimum atomic E-state index is -0.406. The highest BCUT2D eigenvalue weighted by molar-refractivity contribution is 7.80. The van der Waals surface area contributed by atoms with Gasteiger partial charge in [0.1, 0.15) is 0 Å². The van der Waals surface area contributed by atoms with Crippen molar-refractivity contribution in [3.05, 3.63) is 24.0 Å². The van der Waals surface area contributed by atoms with Gasteiger partial charge in [-0.2, -0.15) is 0 Å². The Morgan fingerprint density at radius 1 is 1.41 bits per heavy atom. The third-order valence-electron chi connectivity index (χ3n) is 2.00. The molecule has 17 heavy (non-hydrogen) atoms. The molecule has 2 N–H and O–H groups in total. The molecule has 0 saturated heterocycles. The largest absolute Gasteiger partial charge is 0.494 e. The summed E-state index contributed by atoms with van der Waals surface area (Å²) in [5.74, 6) is -0.231. The zero-order chi connectivity index (χ0) is 12.7. The van der Waals surface area contributed by atoms with E-state index in [0.29, 0.717) is 24.0 Å². The van der Waals surface area contributed by atoms with Gasteiger partial charge in [0.25, 0.3) is 0 Å². The summed E-state index contributed by atoms with van der Waals surface area (Å²) in [6, 6.07) is 4.45. The predicted octanol–water partition coefficient (Wildman–Crippen LogP) is 1.77. The zero-order valence-electron chi connectivity index (χ0n) is 9.75. The molecule has 1 aromatic carbocycles. The lowest BCUT2D eigenvalue weighted by Gasteiger charge is -2.11. The molecule has 0 aliphatic carbocycles. The van der Waals surface area contributed by atoms with E-state index in [4.69, 9.17) is 21.7 Å². The molecule has 0 saturated carbocycles. The van der Waals surface area contributed by atoms with Gasteiger partial charge in [0.2, 0.25) is 0 Å². The second kappa shape index (κ2) is 7.03. The minimum absolute atomic E-state index is 0.176. The van der Waals surface area contributed by atoms with Gasteiger partial charge in [-0.25, -0.2) is 4.39 Å². The van der Waals surface area contributed by atoms with Gasteiger partial charge in [0.05, 0.1) is 13.7 Å². The quantitative estimate of drug-likeness (QED) is 0.622. The van der Waals surface area contributed by atoms with Gasteiger partial charge in [0.15, 0.2) is 16.7 Å². The third-order valence-corrected chi connectivity index (χ3v) is 2.25. The van der Waals surface area contributed by atoms with E-state index in [1.807, 2.05) is 0 Å². The second-order valence-corrected chi connectivity index (χ2v) is 3.63. The molecular weight excluding hydrogens is 243 g/mol. The number of rotatable bonds is 5. The smallest absolute Gasteiger partial charge is 0.170 e. The molecule has 1 rings (SSSR count). The van der Waals surface area contributed by atoms with Crippen LogP contribution in [0, 0.1) is 5.82 Å². The molecule has 0 heterocycles. The first-order chi connectivity index (χ1) is 8.17. The number of halogens is 1. The van der Waals surface area contributed by atoms with E-state index < -0.39 is 5.82 Å². The maximum Gasteiger partial charge on any atom is 0.170 e. The maximum atomic E-state index is 13.1. The Hall–Kier alpha value is -1.40. The van der Waals surface area contributed by atoms with Gasteiger partial charge < -0.3 is 20.1 Å². The standard InChI is InChI=1S/C11H15FN2O2S/c1-15-6-5-13-11(17)14-8-3-4-9(12)10(7-8)16-2/h3-4,7H,5-6H2,1-2H3,(H2,13,14,17). The third kappa shape index (κ3) is 4.54. The summed E-state index contributed by atoms with van der Waals surface area (Å²) >= 11 is 5.05. The molecule has 0 radical (unpaired) electrons. The van der Waals surface area contributed by atoms with Gasteiger partial charge in [-0.05, 0) is 24.4 Å². The molecule has 0 amide bonds. The zero-order valence-corrected chi connectivity index (χ0v) is 10.6. The van der Waals surface area contributed by atoms with E-state index in [1.165, 1.54) is 13.2 Å². The highest BCUT2D eigenvalue weighted by atomic mass is 32.1. The summed E-state index contributed by atoms with van der Waals surface area (Å²) in [6.45, 7) is 1.18. The second-order valence-electron chi connectivity index (χ2n) is 3.22. The van der Waals surface area contributed by atoms with Crippen LogP contribution in [0.2, 0.25) is 0 Å². The summed E-state index contributed by atoms with van der Waals surface area (Å²) in [7, 11) is 3.03. The number of ether oxygens (including phenoxy) is 2. The molecule has 0 unspecified atom stereocenters. The van der Waals surface area contributed by atoms with Gasteiger partial charge in [-0.1, -0.05) is 0 Å². The molecule has 0 atom stereocenters. The molecule has 0 aromatic heterocycles. The number of anilines is 1. The summed E-state index contributed by atoms with van der Waals surface area (Å²) in [6.07, 6.45) is 0. The SMILES string of the molecule is COCCNC(=S)Nc1ccc(F)c(OC)c1. The predicted molar refractivity (Wildman–Crippen MR) is 69.1 cm³/mol. The van der Waals surface area contributed by atoms with E-state index in [0.717, 1.165) is 0 Å². The topological polar surface area (TPSA) is 42.5 Å². The number of benzene rings is 1. The highest BCUT2D eigenvalue weighted by Gasteiger charge is 2.04. The maximum absolute atomic E-state index is 13.1. The first-order valence-electron chi connectivity index (χ1n) is 5.04. The molecule has 94 valence electrons. The van der Waals surface area contributed by atoms with Crippen LogP contribution >= 0.6 is 12.2 Å². The van der Waals surface area contributed by atoms with Gasteiger partial charge in [-0.3, -0.25) is 0 Å². The van der Waals surface area contributed by atoms with Gasteiger partial charge in [0, 0.05) is 25.4 Å². The van der Waals surface area contributed by atoms with Crippen LogP contribution < -0.4 is 15.4 Å². The van der Waals surface area contributed by atoms with E-state index in [1.54, 1.807) is 19.2 Å². The van der Waals surface area contributed by atoms with Gasteiger partial charge in [-0.15, -0.1) is 0 Å². The van der Waals surface area contributed by atoms with Crippen molar-refractivity contribution in [1.29, 1.82) is 0 Å². The lowest BCUT2D eigenvalue weighted by Crippen LogP contribution is -2.31. The Balaban J connectivity index is 2.53. The van der Waals surface area contributed by atoms with Crippen molar-refractivity contribution in [2.75, 3.05) is 32.7 Å². The van der Waals surface area contributed by atoms with Crippen LogP contribution in [0.5, 0.6) is 5.75 Å². The minimum Gasteiger partial charge on any atom is -0.494 e. The Morgan fingerprint density at radius 2 is 2.18 bits per heavy atom. The molecule has 0 spiro atoms. The van der Waals surface area contributed by atoms with Crippen molar-refractivity contribution >= 4 is 23.0 Å². The normalized spacial score (nSPS) is 9.82. The Morgan fingerprint density at radius 3 is 2.82 bits per heavy atom. The number of hydrogen-bond acceptors (Lipinski definition) is 3. The fourth-order valence-corrected chi connectivity index (χ4v) is 1.40. The molecule has 0 aliphatic heterocycles. The fourth-order valence-electron chi connectivity index (χ4n) is 1.18. The number of methoxy groups -OCH3 is 2. The van der Waals surface area contributed by atoms with Crippen LogP contribution in [-0.4, -0.2) is 32.5 Å². The van der Waals surface area contributed by atoms with Crippen molar-refractivity contribution in [2.24, 2.45) is 0 Å². The van der Waals surface area contributed by atoms with E-state index in [2.05, 4.69) is 10.6 Å². The average Bonchev–Trinajstić information content (AvgIpc) is 2.32. The van der Waals surface area contributed by atoms with Crippen molar-refractivity contribution in [2.45, 2.75) is 0 Å². The highest BCUT2D eigenvalue weighted by Crippen LogP contribution is 2.21. The Labute approximate surface area is 105 Å². The van der Waals surface area contributed by atoms with Gasteiger partial charge >= 0.3 is 0 Å². The van der Waals surface area contributed by atoms with Crippen molar-refractivity contribution < 1.29 is 13.9 Å². The lowest BCUT2D eigenvalue weighted by atomic mass is 10.3. The molecule has 0 bridgehead atoms. The average molecular weight is 258 g/mol. The van der Waals surface area contributed by atoms with E-state index in [-0.39, 0.29) is 5.75 Å². The van der Waals surface area contributed by atoms with Crippen LogP contribution in [0.15, 0.2) is 18.2 Å². The first kappa shape index (κ1) is 13.7. The Kier molecular flexibility index (Phi) is 5.65. The van der Waals surface area contributed by atoms with E-state index in [9.17, 15) is 4.39 Å². The van der Waals surface area contributed by atoms with Crippen LogP contribution in [-0.2, 0) is 4.74 Å². The Bertz CT molecular complexity index is 388. The fraction of sp³-hybridized carbons (Fsp3) is 0.364. The van der Waals surface area contributed by atoms with Crippen LogP contribution in [0.25, 0.3) is 0 Å². The molecular formula is C11H15FN2O2S. The first-order valence-corrected chi connectivity index (χ1v) is 5.45.